The van der Waals surface area contributed by atoms with Crippen molar-refractivity contribution in [3.05, 3.63) is 44.9 Å². The molecule has 0 unspecified atom stereocenters. The zero-order valence-corrected chi connectivity index (χ0v) is 18.5. The molecule has 9 nitrogen and oxygen atoms in total. The maximum absolute atomic E-state index is 12.8. The molecule has 1 saturated carbocycles. The van der Waals surface area contributed by atoms with E-state index in [1.807, 2.05) is 6.92 Å². The van der Waals surface area contributed by atoms with E-state index < -0.39 is 5.63 Å². The van der Waals surface area contributed by atoms with Crippen LogP contribution in [0.3, 0.4) is 0 Å². The van der Waals surface area contributed by atoms with E-state index in [1.54, 1.807) is 0 Å². The van der Waals surface area contributed by atoms with Gasteiger partial charge >= 0.3 is 11.6 Å². The van der Waals surface area contributed by atoms with Crippen molar-refractivity contribution in [1.82, 2.24) is 14.9 Å². The standard InChI is InChI=1S/C23H30N4O5/c1-3-30-15(2)27-11-9-18(10-12-27)26-32-23-24-21(29)20-17(13-16-7-5-4-6-8-16)14-19(28)31-22(20)25-23/h14,16H,2-13H2,1H3,(H,24,25,29). The van der Waals surface area contributed by atoms with Crippen LogP contribution in [0.2, 0.25) is 0 Å². The van der Waals surface area contributed by atoms with Gasteiger partial charge in [-0.1, -0.05) is 37.3 Å². The average Bonchev–Trinajstić information content (AvgIpc) is 2.78. The van der Waals surface area contributed by atoms with Crippen LogP contribution in [-0.4, -0.2) is 40.3 Å². The summed E-state index contributed by atoms with van der Waals surface area (Å²) in [6.45, 7) is 7.88. The van der Waals surface area contributed by atoms with E-state index in [1.165, 1.54) is 25.3 Å². The van der Waals surface area contributed by atoms with Gasteiger partial charge in [-0.05, 0) is 31.4 Å². The number of likely N-dealkylation sites (tertiary alicyclic amines) is 1. The third-order valence-electron chi connectivity index (χ3n) is 6.17. The van der Waals surface area contributed by atoms with Crippen LogP contribution in [0.25, 0.3) is 11.1 Å². The first-order chi connectivity index (χ1) is 15.5. The normalized spacial score (nSPS) is 17.4. The molecule has 1 aliphatic heterocycles. The minimum absolute atomic E-state index is 0.00917. The van der Waals surface area contributed by atoms with Gasteiger partial charge in [0.25, 0.3) is 5.56 Å². The smallest absolute Gasteiger partial charge is 0.337 e. The van der Waals surface area contributed by atoms with Gasteiger partial charge in [-0.2, -0.15) is 4.98 Å². The predicted octanol–water partition coefficient (Wildman–Crippen LogP) is 3.34. The Balaban J connectivity index is 1.49. The van der Waals surface area contributed by atoms with Crippen molar-refractivity contribution in [1.29, 1.82) is 0 Å². The molecule has 2 aromatic heterocycles. The van der Waals surface area contributed by atoms with Gasteiger partial charge in [0.1, 0.15) is 5.39 Å². The van der Waals surface area contributed by atoms with E-state index in [0.29, 0.717) is 48.6 Å². The number of aromatic amines is 1. The molecular weight excluding hydrogens is 412 g/mol. The highest BCUT2D eigenvalue weighted by atomic mass is 16.6. The molecule has 1 saturated heterocycles. The van der Waals surface area contributed by atoms with E-state index >= 15 is 0 Å². The van der Waals surface area contributed by atoms with Gasteiger partial charge < -0.3 is 18.9 Å². The predicted molar refractivity (Wildman–Crippen MR) is 121 cm³/mol. The van der Waals surface area contributed by atoms with Crippen LogP contribution in [0.5, 0.6) is 6.01 Å². The van der Waals surface area contributed by atoms with Crippen LogP contribution in [0.15, 0.2) is 37.7 Å². The molecule has 9 heteroatoms. The van der Waals surface area contributed by atoms with Gasteiger partial charge in [-0.15, -0.1) is 0 Å². The number of H-pyrrole nitrogens is 1. The second-order valence-corrected chi connectivity index (χ2v) is 8.41. The Morgan fingerprint density at radius 1 is 1.28 bits per heavy atom. The summed E-state index contributed by atoms with van der Waals surface area (Å²) in [6.07, 6.45) is 7.90. The Hall–Kier alpha value is -3.10. The van der Waals surface area contributed by atoms with Crippen molar-refractivity contribution in [3.8, 4) is 6.01 Å². The molecule has 32 heavy (non-hydrogen) atoms. The second-order valence-electron chi connectivity index (χ2n) is 8.41. The highest BCUT2D eigenvalue weighted by Gasteiger charge is 2.20. The summed E-state index contributed by atoms with van der Waals surface area (Å²) >= 11 is 0. The molecule has 0 bridgehead atoms. The summed E-state index contributed by atoms with van der Waals surface area (Å²) in [7, 11) is 0. The van der Waals surface area contributed by atoms with Crippen molar-refractivity contribution in [2.24, 2.45) is 11.1 Å². The van der Waals surface area contributed by atoms with E-state index in [-0.39, 0.29) is 17.3 Å². The average molecular weight is 443 g/mol. The van der Waals surface area contributed by atoms with Crippen LogP contribution in [-0.2, 0) is 11.2 Å². The lowest BCUT2D eigenvalue weighted by molar-refractivity contribution is 0.121. The molecule has 0 aromatic carbocycles. The Morgan fingerprint density at radius 3 is 2.75 bits per heavy atom. The highest BCUT2D eigenvalue weighted by Crippen LogP contribution is 2.28. The fourth-order valence-corrected chi connectivity index (χ4v) is 4.51. The number of aromatic nitrogens is 2. The highest BCUT2D eigenvalue weighted by molar-refractivity contribution is 5.85. The molecule has 2 aromatic rings. The Bertz CT molecular complexity index is 1100. The number of piperidine rings is 1. The number of ether oxygens (including phenoxy) is 1. The first kappa shape index (κ1) is 22.1. The van der Waals surface area contributed by atoms with Crippen LogP contribution in [0.1, 0.15) is 57.4 Å². The number of hydrogen-bond donors (Lipinski definition) is 1. The van der Waals surface area contributed by atoms with Gasteiger partial charge in [0.15, 0.2) is 5.88 Å². The van der Waals surface area contributed by atoms with Crippen molar-refractivity contribution in [2.75, 3.05) is 19.7 Å². The van der Waals surface area contributed by atoms with Crippen LogP contribution >= 0.6 is 0 Å². The summed E-state index contributed by atoms with van der Waals surface area (Å²) in [5, 5.41) is 4.46. The zero-order valence-electron chi connectivity index (χ0n) is 18.5. The number of fused-ring (bicyclic) bond motifs is 1. The van der Waals surface area contributed by atoms with Crippen molar-refractivity contribution in [2.45, 2.75) is 58.3 Å². The Morgan fingerprint density at radius 2 is 2.03 bits per heavy atom. The van der Waals surface area contributed by atoms with E-state index in [9.17, 15) is 9.59 Å². The van der Waals surface area contributed by atoms with Crippen LogP contribution < -0.4 is 16.0 Å². The molecular formula is C23H30N4O5. The van der Waals surface area contributed by atoms with Gasteiger partial charge in [0.05, 0.1) is 12.3 Å². The minimum atomic E-state index is -0.513. The molecule has 0 radical (unpaired) electrons. The largest absolute Gasteiger partial charge is 0.480 e. The lowest BCUT2D eigenvalue weighted by Crippen LogP contribution is -2.34. The summed E-state index contributed by atoms with van der Waals surface area (Å²) in [5.74, 6) is 1.13. The van der Waals surface area contributed by atoms with Crippen LogP contribution in [0, 0.1) is 5.92 Å². The van der Waals surface area contributed by atoms with E-state index in [4.69, 9.17) is 14.0 Å². The maximum atomic E-state index is 12.8. The number of nitrogens with zero attached hydrogens (tertiary/aromatic N) is 3. The zero-order chi connectivity index (χ0) is 22.5. The summed E-state index contributed by atoms with van der Waals surface area (Å²) < 4.78 is 10.7. The van der Waals surface area contributed by atoms with Gasteiger partial charge in [0, 0.05) is 32.0 Å². The first-order valence-corrected chi connectivity index (χ1v) is 11.4. The SMILES string of the molecule is C=C(OCC)N1CCC(=NOc2nc3oc(=O)cc(CC4CCCCC4)c3c(=O)[nH]2)CC1. The fourth-order valence-electron chi connectivity index (χ4n) is 4.51. The third kappa shape index (κ3) is 5.20. The number of nitrogens with one attached hydrogen (secondary N) is 1. The van der Waals surface area contributed by atoms with Gasteiger partial charge in [-0.25, -0.2) is 4.79 Å². The van der Waals surface area contributed by atoms with Crippen molar-refractivity contribution < 1.29 is 14.0 Å². The molecule has 172 valence electrons. The Labute approximate surface area is 186 Å². The Kier molecular flexibility index (Phi) is 6.92. The minimum Gasteiger partial charge on any atom is -0.480 e. The molecule has 2 fully saturated rings. The van der Waals surface area contributed by atoms with Gasteiger partial charge in [-0.3, -0.25) is 9.78 Å². The van der Waals surface area contributed by atoms with E-state index in [2.05, 4.69) is 26.6 Å². The molecule has 0 amide bonds. The summed E-state index contributed by atoms with van der Waals surface area (Å²) in [5.41, 5.74) is 0.630. The monoisotopic (exact) mass is 442 g/mol. The summed E-state index contributed by atoms with van der Waals surface area (Å²) in [4.78, 5) is 39.2. The van der Waals surface area contributed by atoms with Crippen molar-refractivity contribution >= 4 is 16.8 Å². The van der Waals surface area contributed by atoms with E-state index in [0.717, 1.165) is 31.6 Å². The first-order valence-electron chi connectivity index (χ1n) is 11.4. The fraction of sp³-hybridized carbons (Fsp3) is 0.565. The van der Waals surface area contributed by atoms with Crippen molar-refractivity contribution in [3.63, 3.8) is 0 Å². The summed E-state index contributed by atoms with van der Waals surface area (Å²) in [6, 6.07) is 1.33. The quantitative estimate of drug-likeness (QED) is 0.517. The second kappa shape index (κ2) is 10.0. The molecule has 0 spiro atoms. The lowest BCUT2D eigenvalue weighted by Gasteiger charge is -2.29. The number of hydrogen-bond acceptors (Lipinski definition) is 8. The molecule has 4 rings (SSSR count). The number of rotatable bonds is 7. The third-order valence-corrected chi connectivity index (χ3v) is 6.17. The van der Waals surface area contributed by atoms with Gasteiger partial charge in [0.2, 0.25) is 5.71 Å². The lowest BCUT2D eigenvalue weighted by atomic mass is 9.84. The van der Waals surface area contributed by atoms with Crippen LogP contribution in [0.4, 0.5) is 0 Å². The molecule has 1 N–H and O–H groups in total. The molecule has 0 atom stereocenters. The topological polar surface area (TPSA) is 110 Å². The molecule has 1 aliphatic carbocycles. The molecule has 2 aliphatic rings. The number of oxime groups is 1. The maximum Gasteiger partial charge on any atom is 0.337 e. The molecule has 3 heterocycles.